The van der Waals surface area contributed by atoms with Gasteiger partial charge in [0, 0.05) is 45.0 Å². The van der Waals surface area contributed by atoms with Gasteiger partial charge in [0.15, 0.2) is 11.5 Å². The van der Waals surface area contributed by atoms with Gasteiger partial charge < -0.3 is 29.6 Å². The number of carbonyl (C=O) groups excluding carboxylic acids is 1. The Morgan fingerprint density at radius 1 is 1.16 bits per heavy atom. The van der Waals surface area contributed by atoms with Crippen LogP contribution in [0.15, 0.2) is 35.1 Å². The van der Waals surface area contributed by atoms with Gasteiger partial charge in [-0.3, -0.25) is 4.79 Å². The van der Waals surface area contributed by atoms with Crippen LogP contribution in [0.4, 0.5) is 16.4 Å². The maximum Gasteiger partial charge on any atom is 0.321 e. The smallest absolute Gasteiger partial charge is 0.321 e. The van der Waals surface area contributed by atoms with Crippen molar-refractivity contribution in [3.05, 3.63) is 51.8 Å². The van der Waals surface area contributed by atoms with Gasteiger partial charge in [0.2, 0.25) is 5.95 Å². The number of urea groups is 1. The van der Waals surface area contributed by atoms with E-state index in [1.165, 1.54) is 12.0 Å². The summed E-state index contributed by atoms with van der Waals surface area (Å²) < 4.78 is 10.8. The van der Waals surface area contributed by atoms with Crippen molar-refractivity contribution in [2.24, 2.45) is 0 Å². The number of fused-ring (bicyclic) bond motifs is 1. The Balaban J connectivity index is 1.92. The number of amides is 2. The Hall–Kier alpha value is -3.75. The maximum absolute atomic E-state index is 12.8. The van der Waals surface area contributed by atoms with Crippen LogP contribution in [-0.4, -0.2) is 56.3 Å². The third kappa shape index (κ3) is 4.55. The molecule has 2 aromatic carbocycles. The standard InChI is InChI=1S/C22H27N5O4/c1-13-18-16(11-17(30-5)19(13)31-6)24-21(25-20(18)28)27(4)12-14-8-7-9-15(10-14)23-22(29)26(2)3/h7-11H,12H2,1-6H3,(H,23,29)(H,24,25,28). The molecule has 164 valence electrons. The van der Waals surface area contributed by atoms with Crippen molar-refractivity contribution < 1.29 is 14.3 Å². The summed E-state index contributed by atoms with van der Waals surface area (Å²) in [6, 6.07) is 9.05. The molecule has 31 heavy (non-hydrogen) atoms. The lowest BCUT2D eigenvalue weighted by Crippen LogP contribution is -2.27. The van der Waals surface area contributed by atoms with Crippen LogP contribution in [0.25, 0.3) is 10.9 Å². The van der Waals surface area contributed by atoms with Crippen LogP contribution in [0.5, 0.6) is 11.5 Å². The zero-order valence-electron chi connectivity index (χ0n) is 18.6. The van der Waals surface area contributed by atoms with E-state index in [1.54, 1.807) is 34.2 Å². The van der Waals surface area contributed by atoms with Crippen molar-refractivity contribution in [3.8, 4) is 11.5 Å². The first-order valence-electron chi connectivity index (χ1n) is 9.69. The van der Waals surface area contributed by atoms with Crippen molar-refractivity contribution in [3.63, 3.8) is 0 Å². The third-order valence-corrected chi connectivity index (χ3v) is 4.94. The van der Waals surface area contributed by atoms with Crippen LogP contribution in [0.1, 0.15) is 11.1 Å². The molecule has 0 radical (unpaired) electrons. The van der Waals surface area contributed by atoms with Crippen molar-refractivity contribution in [2.45, 2.75) is 13.5 Å². The van der Waals surface area contributed by atoms with Gasteiger partial charge in [-0.15, -0.1) is 0 Å². The summed E-state index contributed by atoms with van der Waals surface area (Å²) in [5.74, 6) is 1.47. The number of ether oxygens (including phenoxy) is 2. The number of hydrogen-bond acceptors (Lipinski definition) is 6. The Kier molecular flexibility index (Phi) is 6.33. The second-order valence-corrected chi connectivity index (χ2v) is 7.41. The number of methoxy groups -OCH3 is 2. The average Bonchev–Trinajstić information content (AvgIpc) is 2.73. The topological polar surface area (TPSA) is 99.8 Å². The molecule has 0 unspecified atom stereocenters. The summed E-state index contributed by atoms with van der Waals surface area (Å²) in [4.78, 5) is 35.4. The summed E-state index contributed by atoms with van der Waals surface area (Å²) in [5.41, 5.74) is 2.58. The summed E-state index contributed by atoms with van der Waals surface area (Å²) in [5, 5.41) is 3.29. The molecule has 9 heteroatoms. The average molecular weight is 425 g/mol. The molecule has 2 N–H and O–H groups in total. The number of anilines is 2. The Morgan fingerprint density at radius 3 is 2.55 bits per heavy atom. The largest absolute Gasteiger partial charge is 0.493 e. The lowest BCUT2D eigenvalue weighted by molar-refractivity contribution is 0.230. The number of nitrogens with one attached hydrogen (secondary N) is 2. The molecule has 0 aliphatic carbocycles. The fraction of sp³-hybridized carbons (Fsp3) is 0.318. The number of hydrogen-bond donors (Lipinski definition) is 2. The van der Waals surface area contributed by atoms with Crippen LogP contribution < -0.4 is 25.2 Å². The molecule has 9 nitrogen and oxygen atoms in total. The number of rotatable bonds is 6. The molecule has 0 spiro atoms. The van der Waals surface area contributed by atoms with Gasteiger partial charge in [0.05, 0.1) is 25.1 Å². The summed E-state index contributed by atoms with van der Waals surface area (Å²) in [7, 11) is 8.29. The fourth-order valence-electron chi connectivity index (χ4n) is 3.36. The van der Waals surface area contributed by atoms with E-state index in [1.807, 2.05) is 36.2 Å². The Morgan fingerprint density at radius 2 is 1.90 bits per heavy atom. The van der Waals surface area contributed by atoms with E-state index < -0.39 is 0 Å². The quantitative estimate of drug-likeness (QED) is 0.630. The van der Waals surface area contributed by atoms with Crippen molar-refractivity contribution in [1.82, 2.24) is 14.9 Å². The van der Waals surface area contributed by atoms with E-state index in [0.717, 1.165) is 5.56 Å². The highest BCUT2D eigenvalue weighted by molar-refractivity contribution is 5.89. The maximum atomic E-state index is 12.8. The predicted molar refractivity (Wildman–Crippen MR) is 121 cm³/mol. The first kappa shape index (κ1) is 21.9. The molecule has 1 heterocycles. The summed E-state index contributed by atoms with van der Waals surface area (Å²) in [6.45, 7) is 2.28. The van der Waals surface area contributed by atoms with Crippen LogP contribution in [0, 0.1) is 6.92 Å². The van der Waals surface area contributed by atoms with Crippen molar-refractivity contribution in [1.29, 1.82) is 0 Å². The first-order valence-corrected chi connectivity index (χ1v) is 9.69. The monoisotopic (exact) mass is 425 g/mol. The molecule has 3 aromatic rings. The number of aryl methyl sites for hydroxylation is 1. The Labute approximate surface area is 180 Å². The second kappa shape index (κ2) is 8.95. The number of aromatic nitrogens is 2. The lowest BCUT2D eigenvalue weighted by Gasteiger charge is -2.20. The van der Waals surface area contributed by atoms with Gasteiger partial charge >= 0.3 is 6.03 Å². The van der Waals surface area contributed by atoms with E-state index in [4.69, 9.17) is 9.47 Å². The first-order chi connectivity index (χ1) is 14.7. The van der Waals surface area contributed by atoms with Gasteiger partial charge in [-0.25, -0.2) is 4.79 Å². The van der Waals surface area contributed by atoms with Crippen LogP contribution >= 0.6 is 0 Å². The SMILES string of the molecule is COc1cc2[nH]c(N(C)Cc3cccc(NC(=O)N(C)C)c3)nc(=O)c2c(C)c1OC. The summed E-state index contributed by atoms with van der Waals surface area (Å²) in [6.07, 6.45) is 0. The molecule has 0 aliphatic rings. The lowest BCUT2D eigenvalue weighted by atomic mass is 10.1. The van der Waals surface area contributed by atoms with Crippen molar-refractivity contribution >= 4 is 28.6 Å². The number of nitrogens with zero attached hydrogens (tertiary/aromatic N) is 3. The molecule has 0 saturated carbocycles. The van der Waals surface area contributed by atoms with Gasteiger partial charge in [0.25, 0.3) is 5.56 Å². The number of benzene rings is 2. The normalized spacial score (nSPS) is 10.6. The highest BCUT2D eigenvalue weighted by atomic mass is 16.5. The molecule has 0 bridgehead atoms. The van der Waals surface area contributed by atoms with Gasteiger partial charge in [-0.2, -0.15) is 4.98 Å². The van der Waals surface area contributed by atoms with Crippen LogP contribution in [0.3, 0.4) is 0 Å². The molecule has 1 aromatic heterocycles. The molecule has 0 aliphatic heterocycles. The number of H-pyrrole nitrogens is 1. The van der Waals surface area contributed by atoms with E-state index in [2.05, 4.69) is 15.3 Å². The highest BCUT2D eigenvalue weighted by Crippen LogP contribution is 2.35. The Bertz CT molecular complexity index is 1170. The molecule has 2 amide bonds. The minimum Gasteiger partial charge on any atom is -0.493 e. The molecule has 0 atom stereocenters. The van der Waals surface area contributed by atoms with E-state index in [0.29, 0.717) is 46.1 Å². The van der Waals surface area contributed by atoms with E-state index in [9.17, 15) is 9.59 Å². The number of carbonyl (C=O) groups is 1. The van der Waals surface area contributed by atoms with E-state index >= 15 is 0 Å². The van der Waals surface area contributed by atoms with Gasteiger partial charge in [-0.05, 0) is 24.6 Å². The minimum absolute atomic E-state index is 0.203. The zero-order valence-corrected chi connectivity index (χ0v) is 18.6. The molecular formula is C22H27N5O4. The third-order valence-electron chi connectivity index (χ3n) is 4.94. The molecule has 3 rings (SSSR count). The second-order valence-electron chi connectivity index (χ2n) is 7.41. The molecule has 0 fully saturated rings. The summed E-state index contributed by atoms with van der Waals surface area (Å²) >= 11 is 0. The van der Waals surface area contributed by atoms with Crippen molar-refractivity contribution in [2.75, 3.05) is 45.6 Å². The minimum atomic E-state index is -0.346. The molecule has 0 saturated heterocycles. The fourth-order valence-corrected chi connectivity index (χ4v) is 3.36. The van der Waals surface area contributed by atoms with E-state index in [-0.39, 0.29) is 11.6 Å². The number of aromatic amines is 1. The van der Waals surface area contributed by atoms with Gasteiger partial charge in [-0.1, -0.05) is 12.1 Å². The molecular weight excluding hydrogens is 398 g/mol. The predicted octanol–water partition coefficient (Wildman–Crippen LogP) is 2.98. The highest BCUT2D eigenvalue weighted by Gasteiger charge is 2.17. The van der Waals surface area contributed by atoms with Crippen LogP contribution in [0.2, 0.25) is 0 Å². The van der Waals surface area contributed by atoms with Gasteiger partial charge in [0.1, 0.15) is 0 Å². The van der Waals surface area contributed by atoms with Crippen LogP contribution in [-0.2, 0) is 6.54 Å². The zero-order chi connectivity index (χ0) is 22.7.